The minimum Gasteiger partial charge on any atom is -0.493 e. The molecule has 4 aromatic rings. The number of methoxy groups -OCH3 is 2. The Morgan fingerprint density at radius 1 is 1.03 bits per heavy atom. The number of fused-ring (bicyclic) bond motifs is 1. The van der Waals surface area contributed by atoms with E-state index in [9.17, 15) is 4.79 Å². The number of anilines is 1. The zero-order valence-corrected chi connectivity index (χ0v) is 19.0. The fourth-order valence-corrected chi connectivity index (χ4v) is 4.18. The average molecular weight is 449 g/mol. The second-order valence-electron chi connectivity index (χ2n) is 7.20. The summed E-state index contributed by atoms with van der Waals surface area (Å²) in [7, 11) is 3.18. The van der Waals surface area contributed by atoms with Crippen molar-refractivity contribution in [3.63, 3.8) is 0 Å². The van der Waals surface area contributed by atoms with Gasteiger partial charge in [0.05, 0.1) is 31.0 Å². The van der Waals surface area contributed by atoms with Crippen LogP contribution >= 0.6 is 11.3 Å². The summed E-state index contributed by atoms with van der Waals surface area (Å²) in [6, 6.07) is 14.9. The number of pyridine rings is 1. The van der Waals surface area contributed by atoms with Crippen LogP contribution in [0.1, 0.15) is 35.1 Å². The topological polar surface area (TPSA) is 86.2 Å². The Bertz CT molecular complexity index is 1260. The van der Waals surface area contributed by atoms with Crippen LogP contribution in [0.5, 0.6) is 11.5 Å². The predicted molar refractivity (Wildman–Crippen MR) is 127 cm³/mol. The summed E-state index contributed by atoms with van der Waals surface area (Å²) >= 11 is 1.41. The molecule has 2 aromatic heterocycles. The van der Waals surface area contributed by atoms with Gasteiger partial charge in [0.25, 0.3) is 5.91 Å². The number of carbonyl (C=O) groups is 1. The minimum atomic E-state index is -0.247. The van der Waals surface area contributed by atoms with E-state index < -0.39 is 0 Å². The number of unbranched alkanes of at least 4 members (excludes halogenated alkanes) is 1. The van der Waals surface area contributed by atoms with E-state index in [0.717, 1.165) is 40.7 Å². The van der Waals surface area contributed by atoms with Gasteiger partial charge in [-0.3, -0.25) is 10.1 Å². The second kappa shape index (κ2) is 9.74. The minimum absolute atomic E-state index is 0.247. The average Bonchev–Trinajstić information content (AvgIpc) is 3.28. The molecule has 4 rings (SSSR count). The molecular weight excluding hydrogens is 424 g/mol. The van der Waals surface area contributed by atoms with Crippen molar-refractivity contribution in [3.05, 3.63) is 59.1 Å². The summed E-state index contributed by atoms with van der Waals surface area (Å²) in [4.78, 5) is 18.0. The monoisotopic (exact) mass is 448 g/mol. The lowest BCUT2D eigenvalue weighted by Gasteiger charge is -2.12. The maximum atomic E-state index is 13.2. The molecule has 164 valence electrons. The standard InChI is InChI=1S/C24H24N4O3S/c1-4-5-10-22-27-28-24(32-22)26-23(29)17-14-19(25-18-9-7-6-8-16(17)18)15-11-12-20(30-2)21(13-15)31-3/h6-9,11-14H,4-5,10H2,1-3H3,(H,26,28,29). The largest absolute Gasteiger partial charge is 0.493 e. The molecule has 0 fully saturated rings. The summed E-state index contributed by atoms with van der Waals surface area (Å²) in [6.45, 7) is 2.13. The third-order valence-electron chi connectivity index (χ3n) is 5.07. The van der Waals surface area contributed by atoms with Gasteiger partial charge in [-0.15, -0.1) is 10.2 Å². The third-order valence-corrected chi connectivity index (χ3v) is 5.97. The fourth-order valence-electron chi connectivity index (χ4n) is 3.40. The van der Waals surface area contributed by atoms with E-state index >= 15 is 0 Å². The number of rotatable bonds is 8. The van der Waals surface area contributed by atoms with Gasteiger partial charge in [0.15, 0.2) is 11.5 Å². The van der Waals surface area contributed by atoms with Crippen molar-refractivity contribution < 1.29 is 14.3 Å². The van der Waals surface area contributed by atoms with Gasteiger partial charge in [-0.2, -0.15) is 0 Å². The quantitative estimate of drug-likeness (QED) is 0.390. The van der Waals surface area contributed by atoms with Crippen molar-refractivity contribution in [2.24, 2.45) is 0 Å². The molecule has 8 heteroatoms. The molecule has 0 saturated carbocycles. The smallest absolute Gasteiger partial charge is 0.258 e. The summed E-state index contributed by atoms with van der Waals surface area (Å²) in [5.41, 5.74) is 2.73. The third kappa shape index (κ3) is 4.55. The van der Waals surface area contributed by atoms with E-state index in [1.54, 1.807) is 20.3 Å². The zero-order valence-electron chi connectivity index (χ0n) is 18.2. The second-order valence-corrected chi connectivity index (χ2v) is 8.26. The highest BCUT2D eigenvalue weighted by Gasteiger charge is 2.17. The van der Waals surface area contributed by atoms with E-state index in [1.165, 1.54) is 11.3 Å². The number of nitrogens with one attached hydrogen (secondary N) is 1. The highest BCUT2D eigenvalue weighted by Crippen LogP contribution is 2.33. The van der Waals surface area contributed by atoms with Crippen molar-refractivity contribution in [1.82, 2.24) is 15.2 Å². The number of amides is 1. The molecule has 1 amide bonds. The van der Waals surface area contributed by atoms with Crippen molar-refractivity contribution in [2.45, 2.75) is 26.2 Å². The number of hydrogen-bond acceptors (Lipinski definition) is 7. The molecule has 7 nitrogen and oxygen atoms in total. The predicted octanol–water partition coefficient (Wildman–Crippen LogP) is 5.37. The number of ether oxygens (including phenoxy) is 2. The van der Waals surface area contributed by atoms with Crippen molar-refractivity contribution in [2.75, 3.05) is 19.5 Å². The first-order valence-electron chi connectivity index (χ1n) is 10.4. The fraction of sp³-hybridized carbons (Fsp3) is 0.250. The van der Waals surface area contributed by atoms with Gasteiger partial charge in [0.1, 0.15) is 5.01 Å². The summed E-state index contributed by atoms with van der Waals surface area (Å²) in [5, 5.41) is 13.4. The summed E-state index contributed by atoms with van der Waals surface area (Å²) < 4.78 is 10.8. The first kappa shape index (κ1) is 21.7. The Morgan fingerprint density at radius 3 is 2.62 bits per heavy atom. The molecule has 0 spiro atoms. The first-order valence-corrected chi connectivity index (χ1v) is 11.2. The molecule has 0 atom stereocenters. The van der Waals surface area contributed by atoms with Gasteiger partial charge in [-0.1, -0.05) is 42.9 Å². The molecule has 1 N–H and O–H groups in total. The number of hydrogen-bond donors (Lipinski definition) is 1. The van der Waals surface area contributed by atoms with E-state index in [4.69, 9.17) is 14.5 Å². The van der Waals surface area contributed by atoms with Gasteiger partial charge in [0.2, 0.25) is 5.13 Å². The zero-order chi connectivity index (χ0) is 22.5. The van der Waals surface area contributed by atoms with E-state index in [0.29, 0.717) is 27.9 Å². The van der Waals surface area contributed by atoms with E-state index in [2.05, 4.69) is 22.4 Å². The van der Waals surface area contributed by atoms with E-state index in [-0.39, 0.29) is 5.91 Å². The molecule has 32 heavy (non-hydrogen) atoms. The SMILES string of the molecule is CCCCc1nnc(NC(=O)c2cc(-c3ccc(OC)c(OC)c3)nc3ccccc23)s1. The van der Waals surface area contributed by atoms with Gasteiger partial charge < -0.3 is 9.47 Å². The molecule has 2 heterocycles. The van der Waals surface area contributed by atoms with Gasteiger partial charge in [0, 0.05) is 17.4 Å². The van der Waals surface area contributed by atoms with Crippen LogP contribution < -0.4 is 14.8 Å². The van der Waals surface area contributed by atoms with Crippen LogP contribution in [0, 0.1) is 0 Å². The van der Waals surface area contributed by atoms with Crippen LogP contribution in [0.3, 0.4) is 0 Å². The van der Waals surface area contributed by atoms with Crippen LogP contribution in [0.25, 0.3) is 22.2 Å². The summed E-state index contributed by atoms with van der Waals surface area (Å²) in [5.74, 6) is 0.980. The van der Waals surface area contributed by atoms with Gasteiger partial charge in [-0.25, -0.2) is 4.98 Å². The molecule has 0 aliphatic carbocycles. The molecule has 0 aliphatic rings. The molecule has 0 bridgehead atoms. The van der Waals surface area contributed by atoms with Crippen molar-refractivity contribution >= 4 is 33.3 Å². The van der Waals surface area contributed by atoms with Crippen LogP contribution in [0.4, 0.5) is 5.13 Å². The lowest BCUT2D eigenvalue weighted by Crippen LogP contribution is -2.13. The maximum absolute atomic E-state index is 13.2. The molecule has 0 radical (unpaired) electrons. The molecule has 0 unspecified atom stereocenters. The van der Waals surface area contributed by atoms with Crippen LogP contribution in [0.15, 0.2) is 48.5 Å². The van der Waals surface area contributed by atoms with Gasteiger partial charge in [-0.05, 0) is 36.8 Å². The maximum Gasteiger partial charge on any atom is 0.258 e. The highest BCUT2D eigenvalue weighted by atomic mass is 32.1. The Labute approximate surface area is 190 Å². The lowest BCUT2D eigenvalue weighted by molar-refractivity contribution is 0.102. The number of para-hydroxylation sites is 1. The number of aryl methyl sites for hydroxylation is 1. The van der Waals surface area contributed by atoms with Crippen molar-refractivity contribution in [3.8, 4) is 22.8 Å². The summed E-state index contributed by atoms with van der Waals surface area (Å²) in [6.07, 6.45) is 3.00. The van der Waals surface area contributed by atoms with Gasteiger partial charge >= 0.3 is 0 Å². The normalized spacial score (nSPS) is 10.8. The Hall–Kier alpha value is -3.52. The number of benzene rings is 2. The van der Waals surface area contributed by atoms with Crippen LogP contribution in [-0.4, -0.2) is 35.3 Å². The molecule has 0 aliphatic heterocycles. The molecule has 2 aromatic carbocycles. The number of nitrogens with zero attached hydrogens (tertiary/aromatic N) is 3. The molecular formula is C24H24N4O3S. The Kier molecular flexibility index (Phi) is 6.61. The van der Waals surface area contributed by atoms with Crippen LogP contribution in [0.2, 0.25) is 0 Å². The lowest BCUT2D eigenvalue weighted by atomic mass is 10.0. The Morgan fingerprint density at radius 2 is 1.84 bits per heavy atom. The number of aromatic nitrogens is 3. The Balaban J connectivity index is 1.71. The first-order chi connectivity index (χ1) is 15.6. The molecule has 0 saturated heterocycles. The number of carbonyl (C=O) groups excluding carboxylic acids is 1. The van der Waals surface area contributed by atoms with Crippen LogP contribution in [-0.2, 0) is 6.42 Å². The van der Waals surface area contributed by atoms with E-state index in [1.807, 2.05) is 42.5 Å². The van der Waals surface area contributed by atoms with Crippen molar-refractivity contribution in [1.29, 1.82) is 0 Å². The highest BCUT2D eigenvalue weighted by molar-refractivity contribution is 7.15.